The Hall–Kier alpha value is -7.76. The summed E-state index contributed by atoms with van der Waals surface area (Å²) in [4.78, 5) is 63.0. The number of halogens is 4. The van der Waals surface area contributed by atoms with E-state index in [1.807, 2.05) is 0 Å². The van der Waals surface area contributed by atoms with Gasteiger partial charge in [-0.05, 0) is 99.8 Å². The van der Waals surface area contributed by atoms with Gasteiger partial charge in [-0.2, -0.15) is 0 Å². The number of aromatic nitrogens is 5. The van der Waals surface area contributed by atoms with Gasteiger partial charge in [-0.3, -0.25) is 23.6 Å². The number of rotatable bonds is 12. The van der Waals surface area contributed by atoms with Crippen molar-refractivity contribution in [3.05, 3.63) is 136 Å². The zero-order valence-electron chi connectivity index (χ0n) is 35.0. The highest BCUT2D eigenvalue weighted by Crippen LogP contribution is 2.41. The Bertz CT molecular complexity index is 3060. The Morgan fingerprint density at radius 2 is 1.45 bits per heavy atom. The Morgan fingerprint density at radius 1 is 0.812 bits per heavy atom. The maximum atomic E-state index is 16.8. The Balaban J connectivity index is 1.25. The minimum atomic E-state index is -1.26. The molecule has 0 aliphatic carbocycles. The van der Waals surface area contributed by atoms with Crippen molar-refractivity contribution in [2.45, 2.75) is 52.0 Å². The number of aromatic amines is 1. The van der Waals surface area contributed by atoms with Gasteiger partial charge in [0, 0.05) is 42.4 Å². The minimum Gasteiger partial charge on any atom is -0.481 e. The lowest BCUT2D eigenvalue weighted by Gasteiger charge is -2.24. The highest BCUT2D eigenvalue weighted by molar-refractivity contribution is 6.00. The van der Waals surface area contributed by atoms with E-state index < -0.39 is 68.6 Å². The number of carboxylic acid groups (broad SMARTS) is 1. The zero-order valence-corrected chi connectivity index (χ0v) is 35.0. The van der Waals surface area contributed by atoms with Crippen LogP contribution in [0.4, 0.5) is 40.6 Å². The number of aliphatic carboxylic acids is 1. The monoisotopic (exact) mass is 876 g/mol. The summed E-state index contributed by atoms with van der Waals surface area (Å²) in [5, 5.41) is 18.5. The summed E-state index contributed by atoms with van der Waals surface area (Å²) in [6, 6.07) is 16.4. The van der Waals surface area contributed by atoms with Crippen LogP contribution in [-0.2, 0) is 31.7 Å². The number of hydrogen-bond acceptors (Lipinski definition) is 9. The van der Waals surface area contributed by atoms with Crippen LogP contribution in [0.25, 0.3) is 39.4 Å². The number of carbonyl (C=O) groups excluding carboxylic acids is 2. The molecule has 0 atom stereocenters. The summed E-state index contributed by atoms with van der Waals surface area (Å²) in [5.41, 5.74) is -2.73. The summed E-state index contributed by atoms with van der Waals surface area (Å²) in [6.07, 6.45) is 2.64. The van der Waals surface area contributed by atoms with Crippen LogP contribution in [-0.4, -0.2) is 60.0 Å². The normalized spacial score (nSPS) is 12.8. The number of nitrogens with one attached hydrogen (secondary N) is 4. The highest BCUT2D eigenvalue weighted by atomic mass is 19.1. The number of H-pyrrole nitrogens is 1. The lowest BCUT2D eigenvalue weighted by atomic mass is 9.83. The largest absolute Gasteiger partial charge is 0.481 e. The molecule has 5 N–H and O–H groups in total. The third kappa shape index (κ3) is 7.39. The quantitative estimate of drug-likeness (QED) is 0.0592. The van der Waals surface area contributed by atoms with E-state index in [9.17, 15) is 24.3 Å². The van der Waals surface area contributed by atoms with E-state index in [4.69, 9.17) is 4.74 Å². The second kappa shape index (κ2) is 16.2. The number of carbonyl (C=O) groups is 3. The van der Waals surface area contributed by atoms with Crippen molar-refractivity contribution in [2.24, 2.45) is 0 Å². The molecule has 1 amide bonds. The van der Waals surface area contributed by atoms with Gasteiger partial charge >= 0.3 is 11.9 Å². The fourth-order valence-corrected chi connectivity index (χ4v) is 7.58. The van der Waals surface area contributed by atoms with E-state index in [-0.39, 0.29) is 71.0 Å². The van der Waals surface area contributed by atoms with Gasteiger partial charge in [0.1, 0.15) is 29.1 Å². The molecule has 18 heteroatoms. The van der Waals surface area contributed by atoms with Gasteiger partial charge < -0.3 is 35.3 Å². The standard InChI is InChI=1S/C46H40F4N8O6/c1-6-64-44(63)46(4,5)25-12-15-32(54-38-36-42(60)52-17-19-58(36)39(56-38)33-28(47)8-7-9-29(33)48)27(22-25)23-20-30(49)34(31(50)21-23)40-55-37(35-41(59)51-16-18-57(35)40)53-26-13-10-24(11-14-26)45(2,3)43(61)62/h7-15,17,19-22,53-54H,6,16,18H2,1-5H3,(H,51,59)(H,52,60)(H,61,62). The smallest absolute Gasteiger partial charge is 0.315 e. The number of anilines is 4. The summed E-state index contributed by atoms with van der Waals surface area (Å²) in [7, 11) is 0. The van der Waals surface area contributed by atoms with Gasteiger partial charge in [0.2, 0.25) is 0 Å². The number of ether oxygens (including phenoxy) is 1. The number of fused-ring (bicyclic) bond motifs is 2. The van der Waals surface area contributed by atoms with Crippen LogP contribution in [0.15, 0.2) is 90.0 Å². The molecular formula is C46H40F4N8O6. The summed E-state index contributed by atoms with van der Waals surface area (Å²) in [6.45, 7) is 8.36. The van der Waals surface area contributed by atoms with E-state index in [0.717, 1.165) is 24.3 Å². The van der Waals surface area contributed by atoms with Gasteiger partial charge in [0.15, 0.2) is 28.7 Å². The predicted molar refractivity (Wildman–Crippen MR) is 230 cm³/mol. The molecule has 64 heavy (non-hydrogen) atoms. The first-order valence-electron chi connectivity index (χ1n) is 20.0. The Labute approximate surface area is 362 Å². The number of nitrogens with zero attached hydrogens (tertiary/aromatic N) is 4. The molecule has 3 aromatic heterocycles. The Kier molecular flexibility index (Phi) is 10.8. The molecule has 0 spiro atoms. The molecule has 0 radical (unpaired) electrons. The zero-order chi connectivity index (χ0) is 45.8. The number of carboxylic acids is 1. The molecule has 14 nitrogen and oxygen atoms in total. The van der Waals surface area contributed by atoms with Gasteiger partial charge in [-0.1, -0.05) is 24.3 Å². The number of hydrogen-bond donors (Lipinski definition) is 5. The van der Waals surface area contributed by atoms with Crippen LogP contribution in [0, 0.1) is 23.3 Å². The van der Waals surface area contributed by atoms with Crippen LogP contribution < -0.4 is 21.5 Å². The molecule has 0 saturated heterocycles. The fourth-order valence-electron chi connectivity index (χ4n) is 7.58. The van der Waals surface area contributed by atoms with Gasteiger partial charge in [0.05, 0.1) is 28.6 Å². The SMILES string of the molecule is CCOC(=O)C(C)(C)c1ccc(Nc2nc(-c3c(F)cccc3F)n3cc[nH]c(=O)c23)c(-c2cc(F)c(-c3nc(Nc4ccc(C(C)(C)C(=O)O)cc4)c4n3CCNC4=O)c(F)c2)c1. The third-order valence-electron chi connectivity index (χ3n) is 11.3. The maximum Gasteiger partial charge on any atom is 0.315 e. The maximum absolute atomic E-state index is 16.8. The molecule has 0 saturated carbocycles. The molecule has 4 heterocycles. The number of imidazole rings is 2. The molecule has 8 rings (SSSR count). The van der Waals surface area contributed by atoms with E-state index in [2.05, 4.69) is 30.9 Å². The molecule has 0 unspecified atom stereocenters. The third-order valence-corrected chi connectivity index (χ3v) is 11.3. The van der Waals surface area contributed by atoms with Crippen LogP contribution in [0.5, 0.6) is 0 Å². The molecule has 1 aliphatic heterocycles. The van der Waals surface area contributed by atoms with Crippen molar-refractivity contribution < 1.29 is 41.8 Å². The summed E-state index contributed by atoms with van der Waals surface area (Å²) in [5.74, 6) is -6.74. The van der Waals surface area contributed by atoms with Gasteiger partial charge in [-0.25, -0.2) is 27.5 Å². The first kappa shape index (κ1) is 42.9. The van der Waals surface area contributed by atoms with Gasteiger partial charge in [0.25, 0.3) is 11.5 Å². The van der Waals surface area contributed by atoms with Crippen molar-refractivity contribution >= 4 is 46.4 Å². The van der Waals surface area contributed by atoms with E-state index in [1.165, 1.54) is 39.6 Å². The van der Waals surface area contributed by atoms with E-state index >= 15 is 17.6 Å². The van der Waals surface area contributed by atoms with Crippen molar-refractivity contribution in [3.63, 3.8) is 0 Å². The number of amides is 1. The van der Waals surface area contributed by atoms with Crippen molar-refractivity contribution in [1.29, 1.82) is 0 Å². The molecule has 7 aromatic rings. The van der Waals surface area contributed by atoms with Crippen molar-refractivity contribution in [3.8, 4) is 33.9 Å². The highest BCUT2D eigenvalue weighted by Gasteiger charge is 2.34. The van der Waals surface area contributed by atoms with Crippen molar-refractivity contribution in [1.82, 2.24) is 29.2 Å². The Morgan fingerprint density at radius 3 is 2.11 bits per heavy atom. The van der Waals surface area contributed by atoms with Gasteiger partial charge in [-0.15, -0.1) is 0 Å². The van der Waals surface area contributed by atoms with Crippen LogP contribution >= 0.6 is 0 Å². The first-order chi connectivity index (χ1) is 30.4. The minimum absolute atomic E-state index is 0.00220. The van der Waals surface area contributed by atoms with E-state index in [0.29, 0.717) is 16.8 Å². The molecular weight excluding hydrogens is 837 g/mol. The molecule has 0 fully saturated rings. The van der Waals surface area contributed by atoms with Crippen molar-refractivity contribution in [2.75, 3.05) is 23.8 Å². The second-order valence-corrected chi connectivity index (χ2v) is 16.1. The van der Waals surface area contributed by atoms with Crippen LogP contribution in [0.3, 0.4) is 0 Å². The average molecular weight is 877 g/mol. The fraction of sp³-hybridized carbons (Fsp3) is 0.217. The lowest BCUT2D eigenvalue weighted by molar-refractivity contribution is -0.148. The molecule has 0 bridgehead atoms. The van der Waals surface area contributed by atoms with Crippen LogP contribution in [0.1, 0.15) is 56.2 Å². The first-order valence-corrected chi connectivity index (χ1v) is 20.0. The molecule has 4 aromatic carbocycles. The average Bonchev–Trinajstić information content (AvgIpc) is 3.79. The molecule has 1 aliphatic rings. The molecule has 328 valence electrons. The number of esters is 1. The second-order valence-electron chi connectivity index (χ2n) is 16.1. The van der Waals surface area contributed by atoms with Crippen LogP contribution in [0.2, 0.25) is 0 Å². The van der Waals surface area contributed by atoms with E-state index in [1.54, 1.807) is 65.0 Å². The topological polar surface area (TPSA) is 185 Å². The predicted octanol–water partition coefficient (Wildman–Crippen LogP) is 8.21. The summed E-state index contributed by atoms with van der Waals surface area (Å²) < 4.78 is 71.7. The lowest BCUT2D eigenvalue weighted by Crippen LogP contribution is -2.35. The summed E-state index contributed by atoms with van der Waals surface area (Å²) >= 11 is 0. The number of benzene rings is 4.